The number of halogens is 8. The number of benzene rings is 6. The summed E-state index contributed by atoms with van der Waals surface area (Å²) in [5, 5.41) is 59.7. The van der Waals surface area contributed by atoms with Crippen molar-refractivity contribution in [1.82, 2.24) is 29.8 Å². The quantitative estimate of drug-likeness (QED) is 0.00943. The van der Waals surface area contributed by atoms with Gasteiger partial charge in [-0.1, -0.05) is 56.1 Å². The number of aliphatic hydroxyl groups excluding tert-OH is 2. The molecule has 30 heteroatoms. The number of aliphatic hydroxyl groups is 2. The van der Waals surface area contributed by atoms with Crippen LogP contribution in [0.5, 0.6) is 11.5 Å². The van der Waals surface area contributed by atoms with Crippen LogP contribution >= 0.6 is 39.7 Å². The Labute approximate surface area is 604 Å². The molecule has 0 spiro atoms. The van der Waals surface area contributed by atoms with Gasteiger partial charge in [0.1, 0.15) is 48.3 Å². The molecule has 102 heavy (non-hydrogen) atoms. The third-order valence-electron chi connectivity index (χ3n) is 16.7. The molecule has 0 fully saturated rings. The van der Waals surface area contributed by atoms with E-state index in [0.717, 1.165) is 56.6 Å². The predicted molar refractivity (Wildman–Crippen MR) is 382 cm³/mol. The molecule has 0 bridgehead atoms. The first-order valence-corrected chi connectivity index (χ1v) is 33.7. The van der Waals surface area contributed by atoms with Crippen molar-refractivity contribution in [2.24, 2.45) is 0 Å². The number of anilines is 2. The van der Waals surface area contributed by atoms with Crippen molar-refractivity contribution in [1.29, 1.82) is 10.5 Å². The molecule has 4 unspecified atom stereocenters. The van der Waals surface area contributed by atoms with Gasteiger partial charge in [0.2, 0.25) is 21.6 Å². The minimum Gasteiger partial charge on any atom is -0.475 e. The smallest absolute Gasteiger partial charge is 0.475 e. The van der Waals surface area contributed by atoms with Crippen LogP contribution in [-0.2, 0) is 27.5 Å². The highest BCUT2D eigenvalue weighted by Gasteiger charge is 2.53. The molecule has 4 atom stereocenters. The van der Waals surface area contributed by atoms with Gasteiger partial charge in [0.05, 0.1) is 34.7 Å². The van der Waals surface area contributed by atoms with Gasteiger partial charge in [-0.05, 0) is 151 Å². The fourth-order valence-electron chi connectivity index (χ4n) is 11.5. The van der Waals surface area contributed by atoms with E-state index in [4.69, 9.17) is 29.3 Å². The van der Waals surface area contributed by atoms with Gasteiger partial charge < -0.3 is 35.4 Å². The number of quaternary nitrogens is 2. The number of carboxylic acids is 1. The second kappa shape index (κ2) is 35.5. The van der Waals surface area contributed by atoms with Crippen LogP contribution in [0.25, 0.3) is 22.5 Å². The number of carboxylic acid groups (broad SMARTS) is 1. The van der Waals surface area contributed by atoms with E-state index in [2.05, 4.69) is 31.9 Å². The normalized spacial score (nSPS) is 16.0. The molecule has 538 valence electrons. The van der Waals surface area contributed by atoms with Gasteiger partial charge in [-0.15, -0.1) is 27.0 Å². The van der Waals surface area contributed by atoms with Gasteiger partial charge in [-0.2, -0.15) is 32.8 Å². The number of aromatic nitrogens is 2. The summed E-state index contributed by atoms with van der Waals surface area (Å²) in [6.45, 7) is 13.4. The van der Waals surface area contributed by atoms with Crippen molar-refractivity contribution in [3.8, 4) is 46.2 Å². The number of esters is 2. The number of rotatable bonds is 24. The Hall–Kier alpha value is -9.34. The Morgan fingerprint density at radius 1 is 0.598 bits per heavy atom. The van der Waals surface area contributed by atoms with Gasteiger partial charge in [0.15, 0.2) is 24.7 Å². The molecule has 4 heterocycles. The maximum atomic E-state index is 15.7. The predicted octanol–water partition coefficient (Wildman–Crippen LogP) is 12.8. The number of alkyl halides is 3. The summed E-state index contributed by atoms with van der Waals surface area (Å²) < 4.78 is 107. The number of aryl methyl sites for hydroxylation is 4. The summed E-state index contributed by atoms with van der Waals surface area (Å²) in [6.07, 6.45) is 0.914. The molecule has 2 aromatic heterocycles. The second-order valence-electron chi connectivity index (χ2n) is 24.2. The van der Waals surface area contributed by atoms with E-state index in [1.807, 2.05) is 110 Å². The molecule has 20 nitrogen and oxygen atoms in total. The number of nitrogens with zero attached hydrogens (tertiary/aromatic N) is 10. The van der Waals surface area contributed by atoms with Crippen LogP contribution in [-0.4, -0.2) is 137 Å². The molecule has 2 aliphatic heterocycles. The van der Waals surface area contributed by atoms with Gasteiger partial charge in [0.25, 0.3) is 13.3 Å². The van der Waals surface area contributed by atoms with Crippen LogP contribution in [0.1, 0.15) is 84.0 Å². The van der Waals surface area contributed by atoms with Crippen LogP contribution in [0.2, 0.25) is 0 Å². The number of hydrogen-bond acceptors (Lipinski definition) is 17. The first-order valence-electron chi connectivity index (χ1n) is 32.0. The summed E-state index contributed by atoms with van der Waals surface area (Å²) >= 11 is 2.82. The molecule has 0 saturated heterocycles. The van der Waals surface area contributed by atoms with E-state index in [-0.39, 0.29) is 62.7 Å². The number of hydrogen-bond donors (Lipinski definition) is 5. The molecule has 5 N–H and O–H groups in total. The zero-order valence-corrected chi connectivity index (χ0v) is 60.4. The highest BCUT2D eigenvalue weighted by molar-refractivity contribution is 8.93. The highest BCUT2D eigenvalue weighted by atomic mass is 79.9. The Morgan fingerprint density at radius 2 is 0.941 bits per heavy atom. The lowest BCUT2D eigenvalue weighted by Gasteiger charge is -2.33. The minimum atomic E-state index is -5.08. The first-order chi connectivity index (χ1) is 48.1. The molecule has 10 rings (SSSR count). The lowest BCUT2D eigenvalue weighted by molar-refractivity contribution is -0.531. The van der Waals surface area contributed by atoms with Crippen molar-refractivity contribution >= 4 is 91.9 Å². The molecule has 0 saturated carbocycles. The van der Waals surface area contributed by atoms with Crippen LogP contribution in [0.4, 0.5) is 52.4 Å². The molecule has 8 aromatic rings. The van der Waals surface area contributed by atoms with E-state index < -0.39 is 47.5 Å². The van der Waals surface area contributed by atoms with Crippen molar-refractivity contribution < 1.29 is 79.1 Å². The third kappa shape index (κ3) is 19.2. The Balaban J connectivity index is 0.000000259. The van der Waals surface area contributed by atoms with Crippen LogP contribution in [0.15, 0.2) is 120 Å². The number of thiazole rings is 2. The monoisotopic (exact) mass is 1510 g/mol. The Morgan fingerprint density at radius 3 is 1.24 bits per heavy atom. The minimum absolute atomic E-state index is 0. The van der Waals surface area contributed by atoms with Crippen LogP contribution in [0.3, 0.4) is 0 Å². The van der Waals surface area contributed by atoms with Crippen molar-refractivity contribution in [2.45, 2.75) is 98.6 Å². The standard InChI is InChI=1S/2C35H38F2N6O3S.C2HF3O2.BrH/c2*1-23-15-27(16-24(2)33(23)46-34(45)25(3)39-4)19-41-21-42(35-40-31(20-47-35)28-9-7-26(18-38)8-10-28)43(22-41,13-5-6-14-44)32-12-11-29(36)17-30(32)37;3-2(4,5)1(6)7;/h2*7-12,15-17,20,22,25,39,44H,5-6,13-14,19,21H2,1-4H3;(H,6,7);1H/q2*+2;;. The zero-order valence-electron chi connectivity index (χ0n) is 57.1. The summed E-state index contributed by atoms with van der Waals surface area (Å²) in [5.74, 6) is -5.17. The summed E-state index contributed by atoms with van der Waals surface area (Å²) in [6, 6.07) is 32.8. The molecular formula is C72H78BrF7N12O8S2+4. The van der Waals surface area contributed by atoms with E-state index in [9.17, 15) is 52.3 Å². The third-order valence-corrected chi connectivity index (χ3v) is 18.5. The topological polar surface area (TPSA) is 240 Å². The number of carbonyl (C=O) groups excluding carboxylic acids is 2. The molecule has 6 aromatic carbocycles. The summed E-state index contributed by atoms with van der Waals surface area (Å²) in [7, 11) is 3.40. The van der Waals surface area contributed by atoms with Crippen LogP contribution < -0.4 is 39.3 Å². The van der Waals surface area contributed by atoms with Gasteiger partial charge in [-0.3, -0.25) is 0 Å². The fourth-order valence-corrected chi connectivity index (χ4v) is 13.3. The number of aliphatic carboxylic acids is 1. The number of unbranched alkanes of at least 4 members (excludes halogenated alkanes) is 2. The first kappa shape index (κ1) is 80.0. The van der Waals surface area contributed by atoms with E-state index in [0.29, 0.717) is 109 Å². The van der Waals surface area contributed by atoms with Crippen LogP contribution in [0, 0.1) is 73.6 Å². The average Bonchev–Trinajstić information content (AvgIpc) is 1.58. The summed E-state index contributed by atoms with van der Waals surface area (Å²) in [4.78, 5) is 43.7. The fraction of sp³-hybridized carbons (Fsp3) is 0.319. The van der Waals surface area contributed by atoms with E-state index in [1.165, 1.54) is 46.9 Å². The average molecular weight is 1520 g/mol. The lowest BCUT2D eigenvalue weighted by atomic mass is 10.1. The number of nitriles is 2. The van der Waals surface area contributed by atoms with Gasteiger partial charge in [-0.25, -0.2) is 41.9 Å². The zero-order chi connectivity index (χ0) is 73.5. The second-order valence-corrected chi connectivity index (χ2v) is 25.8. The molecule has 0 aliphatic carbocycles. The molecule has 0 radical (unpaired) electrons. The number of nitrogens with one attached hydrogen (secondary N) is 2. The number of likely N-dealkylation sites (N-methyl/N-ethyl adjacent to an activating group) is 2. The SMILES string of the molecule is Br.CNC(C)C(=O)Oc1c(C)cc(C[N+]2=C[N+](CCCCO)(c3ccc(F)cc3F)N(c3nc(-c4ccc(C#N)cc4)cs3)C2)cc1C.CNC(C)C(=O)Oc1c(C)cc(C[N+]2=C[N+](CCCCO)(c3ccc(F)cc3F)N(c3nc(-c4ccc(C#N)cc4)cs3)C2)cc1C.O=C(O)C(F)(F)F. The molecule has 0 amide bonds. The number of ether oxygens (including phenoxy) is 2. The number of carbonyl (C=O) groups is 3. The molecular weight excluding hydrogens is 1440 g/mol. The van der Waals surface area contributed by atoms with Crippen molar-refractivity contribution in [2.75, 3.05) is 63.8 Å². The van der Waals surface area contributed by atoms with E-state index in [1.54, 1.807) is 52.2 Å². The maximum absolute atomic E-state index is 15.7. The Bertz CT molecular complexity index is 4140. The van der Waals surface area contributed by atoms with Crippen molar-refractivity contribution in [3.63, 3.8) is 0 Å². The van der Waals surface area contributed by atoms with Gasteiger partial charge >= 0.3 is 36.8 Å². The molecule has 2 aliphatic rings. The van der Waals surface area contributed by atoms with Crippen molar-refractivity contribution in [3.05, 3.63) is 188 Å². The van der Waals surface area contributed by atoms with E-state index >= 15 is 8.78 Å². The maximum Gasteiger partial charge on any atom is 0.490 e. The summed E-state index contributed by atoms with van der Waals surface area (Å²) in [5.41, 5.74) is 9.90. The van der Waals surface area contributed by atoms with Gasteiger partial charge in [0, 0.05) is 83.3 Å². The lowest BCUT2D eigenvalue weighted by Crippen LogP contribution is -2.59. The largest absolute Gasteiger partial charge is 0.490 e. The highest BCUT2D eigenvalue weighted by Crippen LogP contribution is 2.41. The Kier molecular flexibility index (Phi) is 27.8.